The lowest BCUT2D eigenvalue weighted by atomic mass is 10.1. The highest BCUT2D eigenvalue weighted by atomic mass is 32.2. The molecule has 1 N–H and O–H groups in total. The van der Waals surface area contributed by atoms with E-state index in [1.165, 1.54) is 4.90 Å². The van der Waals surface area contributed by atoms with E-state index in [9.17, 15) is 14.7 Å². The number of nitrogens with zero attached hydrogens (tertiary/aromatic N) is 2. The van der Waals surface area contributed by atoms with Crippen LogP contribution in [0.3, 0.4) is 0 Å². The molecule has 0 spiro atoms. The number of carbonyl (C=O) groups is 2. The predicted molar refractivity (Wildman–Crippen MR) is 86.8 cm³/mol. The second-order valence-corrected chi connectivity index (χ2v) is 6.48. The predicted octanol–water partition coefficient (Wildman–Crippen LogP) is 2.48. The Hall–Kier alpha value is -1.60. The summed E-state index contributed by atoms with van der Waals surface area (Å²) in [5.74, 6) is -1.34. The first-order valence-corrected chi connectivity index (χ1v) is 7.78. The number of amides is 1. The molecule has 0 radical (unpaired) electrons. The summed E-state index contributed by atoms with van der Waals surface area (Å²) in [6.45, 7) is 1.88. The zero-order valence-electron chi connectivity index (χ0n) is 11.8. The van der Waals surface area contributed by atoms with E-state index in [4.69, 9.17) is 12.2 Å². The van der Waals surface area contributed by atoms with Gasteiger partial charge in [-0.05, 0) is 24.1 Å². The number of thioether (sulfide) groups is 1. The first-order chi connectivity index (χ1) is 9.93. The first kappa shape index (κ1) is 15.8. The Morgan fingerprint density at radius 2 is 2.29 bits per heavy atom. The highest BCUT2D eigenvalue weighted by molar-refractivity contribution is 8.26. The van der Waals surface area contributed by atoms with Crippen molar-refractivity contribution >= 4 is 46.3 Å². The topological polar surface area (TPSA) is 62.5 Å². The average Bonchev–Trinajstić information content (AvgIpc) is 2.93. The van der Waals surface area contributed by atoms with Gasteiger partial charge in [-0.25, -0.2) is 4.79 Å². The van der Waals surface area contributed by atoms with Crippen LogP contribution in [0.15, 0.2) is 23.4 Å². The Balaban J connectivity index is 2.27. The van der Waals surface area contributed by atoms with Crippen LogP contribution in [0.25, 0.3) is 6.08 Å². The number of carboxylic acids is 1. The van der Waals surface area contributed by atoms with Gasteiger partial charge in [0.25, 0.3) is 5.91 Å². The molecule has 1 aliphatic rings. The molecule has 7 heteroatoms. The molecule has 0 unspecified atom stereocenters. The van der Waals surface area contributed by atoms with E-state index in [0.29, 0.717) is 22.1 Å². The molecule has 0 saturated carbocycles. The monoisotopic (exact) mass is 324 g/mol. The normalized spacial score (nSPS) is 18.6. The summed E-state index contributed by atoms with van der Waals surface area (Å²) in [5.41, 5.74) is 0.889. The SMILES string of the molecule is CCC[C@H](C(=O)O)N1C(=O)/C(=C\c2ccn(C)c2)SC1=S. The number of aliphatic carboxylic acids is 1. The molecule has 0 bridgehead atoms. The molecular weight excluding hydrogens is 308 g/mol. The average molecular weight is 324 g/mol. The minimum Gasteiger partial charge on any atom is -0.480 e. The Morgan fingerprint density at radius 1 is 1.57 bits per heavy atom. The highest BCUT2D eigenvalue weighted by Crippen LogP contribution is 2.34. The molecule has 2 heterocycles. The second-order valence-electron chi connectivity index (χ2n) is 4.80. The molecule has 1 amide bonds. The van der Waals surface area contributed by atoms with E-state index in [2.05, 4.69) is 0 Å². The molecule has 112 valence electrons. The summed E-state index contributed by atoms with van der Waals surface area (Å²) < 4.78 is 2.19. The Labute approximate surface area is 132 Å². The van der Waals surface area contributed by atoms with Crippen molar-refractivity contribution in [2.24, 2.45) is 7.05 Å². The minimum atomic E-state index is -1.02. The number of aryl methyl sites for hydroxylation is 1. The van der Waals surface area contributed by atoms with Crippen molar-refractivity contribution in [3.05, 3.63) is 28.9 Å². The van der Waals surface area contributed by atoms with Crippen LogP contribution >= 0.6 is 24.0 Å². The number of thiocarbonyl (C=S) groups is 1. The van der Waals surface area contributed by atoms with Gasteiger partial charge in [0, 0.05) is 19.4 Å². The van der Waals surface area contributed by atoms with Gasteiger partial charge in [0.15, 0.2) is 0 Å². The molecule has 1 aliphatic heterocycles. The van der Waals surface area contributed by atoms with Crippen LogP contribution in [-0.4, -0.2) is 36.8 Å². The van der Waals surface area contributed by atoms with E-state index < -0.39 is 12.0 Å². The summed E-state index contributed by atoms with van der Waals surface area (Å²) in [5, 5.41) is 9.29. The van der Waals surface area contributed by atoms with Gasteiger partial charge in [0.2, 0.25) is 0 Å². The van der Waals surface area contributed by atoms with E-state index in [0.717, 1.165) is 17.3 Å². The fraction of sp³-hybridized carbons (Fsp3) is 0.357. The maximum atomic E-state index is 12.4. The quantitative estimate of drug-likeness (QED) is 0.666. The largest absolute Gasteiger partial charge is 0.480 e. The zero-order chi connectivity index (χ0) is 15.6. The molecular formula is C14H16N2O3S2. The van der Waals surface area contributed by atoms with E-state index in [1.807, 2.05) is 37.0 Å². The maximum absolute atomic E-state index is 12.4. The van der Waals surface area contributed by atoms with Crippen LogP contribution in [0.1, 0.15) is 25.3 Å². The summed E-state index contributed by atoms with van der Waals surface area (Å²) >= 11 is 6.34. The Morgan fingerprint density at radius 3 is 2.81 bits per heavy atom. The van der Waals surface area contributed by atoms with Crippen LogP contribution in [-0.2, 0) is 16.6 Å². The van der Waals surface area contributed by atoms with E-state index in [1.54, 1.807) is 6.08 Å². The summed E-state index contributed by atoms with van der Waals surface area (Å²) in [6, 6.07) is 0.997. The van der Waals surface area contributed by atoms with Crippen molar-refractivity contribution in [1.82, 2.24) is 9.47 Å². The number of carboxylic acid groups (broad SMARTS) is 1. The Kier molecular flexibility index (Phi) is 4.84. The third-order valence-electron chi connectivity index (χ3n) is 3.13. The number of rotatable bonds is 5. The van der Waals surface area contributed by atoms with Crippen LogP contribution in [0.5, 0.6) is 0 Å². The number of hydrogen-bond donors (Lipinski definition) is 1. The van der Waals surface area contributed by atoms with Gasteiger partial charge in [0.05, 0.1) is 4.91 Å². The smallest absolute Gasteiger partial charge is 0.326 e. The van der Waals surface area contributed by atoms with E-state index in [-0.39, 0.29) is 5.91 Å². The van der Waals surface area contributed by atoms with E-state index >= 15 is 0 Å². The molecule has 1 aromatic heterocycles. The molecule has 2 rings (SSSR count). The van der Waals surface area contributed by atoms with Gasteiger partial charge in [0.1, 0.15) is 10.4 Å². The highest BCUT2D eigenvalue weighted by Gasteiger charge is 2.39. The Bertz CT molecular complexity index is 621. The minimum absolute atomic E-state index is 0.308. The second kappa shape index (κ2) is 6.44. The van der Waals surface area contributed by atoms with Crippen molar-refractivity contribution < 1.29 is 14.7 Å². The third kappa shape index (κ3) is 3.36. The van der Waals surface area contributed by atoms with Crippen LogP contribution < -0.4 is 0 Å². The van der Waals surface area contributed by atoms with Crippen molar-refractivity contribution in [3.63, 3.8) is 0 Å². The number of aromatic nitrogens is 1. The summed E-state index contributed by atoms with van der Waals surface area (Å²) in [6.07, 6.45) is 6.56. The summed E-state index contributed by atoms with van der Waals surface area (Å²) in [4.78, 5) is 25.5. The molecule has 21 heavy (non-hydrogen) atoms. The third-order valence-corrected chi connectivity index (χ3v) is 4.47. The van der Waals surface area contributed by atoms with Gasteiger partial charge in [-0.3, -0.25) is 9.69 Å². The summed E-state index contributed by atoms with van der Waals surface area (Å²) in [7, 11) is 1.89. The van der Waals surface area contributed by atoms with Crippen molar-refractivity contribution in [2.75, 3.05) is 0 Å². The molecule has 5 nitrogen and oxygen atoms in total. The standard InChI is InChI=1S/C14H16N2O3S2/c1-3-4-10(13(18)19)16-12(17)11(21-14(16)20)7-9-5-6-15(2)8-9/h5-8,10H,3-4H2,1-2H3,(H,18,19)/b11-7+/t10-/m1/s1. The fourth-order valence-corrected chi connectivity index (χ4v) is 3.50. The van der Waals surface area contributed by atoms with Crippen LogP contribution in [0, 0.1) is 0 Å². The lowest BCUT2D eigenvalue weighted by Gasteiger charge is -2.22. The van der Waals surface area contributed by atoms with Gasteiger partial charge in [-0.15, -0.1) is 0 Å². The van der Waals surface area contributed by atoms with Crippen molar-refractivity contribution in [3.8, 4) is 0 Å². The van der Waals surface area contributed by atoms with Gasteiger partial charge >= 0.3 is 5.97 Å². The fourth-order valence-electron chi connectivity index (χ4n) is 2.15. The van der Waals surface area contributed by atoms with Gasteiger partial charge in [-0.2, -0.15) is 0 Å². The molecule has 1 atom stereocenters. The van der Waals surface area contributed by atoms with Crippen LogP contribution in [0.2, 0.25) is 0 Å². The number of hydrogen-bond acceptors (Lipinski definition) is 4. The maximum Gasteiger partial charge on any atom is 0.326 e. The first-order valence-electron chi connectivity index (χ1n) is 6.56. The van der Waals surface area contributed by atoms with Crippen molar-refractivity contribution in [1.29, 1.82) is 0 Å². The molecule has 0 aliphatic carbocycles. The zero-order valence-corrected chi connectivity index (χ0v) is 13.4. The van der Waals surface area contributed by atoms with Crippen molar-refractivity contribution in [2.45, 2.75) is 25.8 Å². The van der Waals surface area contributed by atoms with Crippen LogP contribution in [0.4, 0.5) is 0 Å². The molecule has 1 saturated heterocycles. The lowest BCUT2D eigenvalue weighted by molar-refractivity contribution is -0.145. The van der Waals surface area contributed by atoms with Gasteiger partial charge < -0.3 is 9.67 Å². The molecule has 0 aromatic carbocycles. The number of carbonyl (C=O) groups excluding carboxylic acids is 1. The lowest BCUT2D eigenvalue weighted by Crippen LogP contribution is -2.43. The molecule has 1 aromatic rings. The molecule has 1 fully saturated rings. The van der Waals surface area contributed by atoms with Gasteiger partial charge in [-0.1, -0.05) is 37.3 Å².